The summed E-state index contributed by atoms with van der Waals surface area (Å²) in [6, 6.07) is 3.65. The van der Waals surface area contributed by atoms with Crippen molar-refractivity contribution in [3.63, 3.8) is 0 Å². The van der Waals surface area contributed by atoms with Crippen LogP contribution in [0.1, 0.15) is 22.5 Å². The van der Waals surface area contributed by atoms with Crippen LogP contribution in [0, 0.1) is 5.92 Å². The molecule has 3 rings (SSSR count). The lowest BCUT2D eigenvalue weighted by Gasteiger charge is -2.31. The smallest absolute Gasteiger partial charge is 0.266 e. The van der Waals surface area contributed by atoms with E-state index in [1.165, 1.54) is 11.3 Å². The summed E-state index contributed by atoms with van der Waals surface area (Å²) in [5.41, 5.74) is 11.9. The Morgan fingerprint density at radius 1 is 1.43 bits per heavy atom. The highest BCUT2D eigenvalue weighted by molar-refractivity contribution is 7.21. The summed E-state index contributed by atoms with van der Waals surface area (Å²) < 4.78 is 0. The second kappa shape index (κ2) is 5.33. The molecule has 1 saturated heterocycles. The van der Waals surface area contributed by atoms with Crippen LogP contribution in [-0.2, 0) is 4.79 Å². The van der Waals surface area contributed by atoms with Crippen LogP contribution in [0.3, 0.4) is 0 Å². The number of rotatable bonds is 2. The molecule has 1 unspecified atom stereocenters. The van der Waals surface area contributed by atoms with E-state index in [0.29, 0.717) is 23.7 Å². The number of thiophene rings is 1. The van der Waals surface area contributed by atoms with Gasteiger partial charge in [0.2, 0.25) is 5.91 Å². The molecular weight excluding hydrogens is 288 g/mol. The van der Waals surface area contributed by atoms with E-state index in [-0.39, 0.29) is 17.7 Å². The number of amides is 2. The van der Waals surface area contributed by atoms with E-state index in [9.17, 15) is 9.59 Å². The molecule has 0 spiro atoms. The molecule has 110 valence electrons. The zero-order valence-corrected chi connectivity index (χ0v) is 12.2. The molecule has 2 aromatic heterocycles. The van der Waals surface area contributed by atoms with Crippen LogP contribution in [0.2, 0.25) is 0 Å². The Morgan fingerprint density at radius 3 is 2.95 bits per heavy atom. The maximum atomic E-state index is 12.6. The number of primary amides is 1. The maximum Gasteiger partial charge on any atom is 0.266 e. The summed E-state index contributed by atoms with van der Waals surface area (Å²) in [6.45, 7) is 0.999. The first-order valence-electron chi connectivity index (χ1n) is 6.79. The second-order valence-electron chi connectivity index (χ2n) is 5.19. The summed E-state index contributed by atoms with van der Waals surface area (Å²) in [4.78, 5) is 31.1. The van der Waals surface area contributed by atoms with Gasteiger partial charge in [0.1, 0.15) is 9.71 Å². The van der Waals surface area contributed by atoms with Gasteiger partial charge in [-0.1, -0.05) is 0 Å². The van der Waals surface area contributed by atoms with Gasteiger partial charge in [0.15, 0.2) is 0 Å². The topological polar surface area (TPSA) is 102 Å². The summed E-state index contributed by atoms with van der Waals surface area (Å²) >= 11 is 1.29. The predicted molar refractivity (Wildman–Crippen MR) is 81.9 cm³/mol. The van der Waals surface area contributed by atoms with E-state index >= 15 is 0 Å². The van der Waals surface area contributed by atoms with Crippen molar-refractivity contribution >= 4 is 39.1 Å². The molecule has 0 aliphatic carbocycles. The number of hydrogen-bond donors (Lipinski definition) is 2. The van der Waals surface area contributed by atoms with Gasteiger partial charge in [0, 0.05) is 24.7 Å². The molecule has 0 saturated carbocycles. The molecule has 1 aliphatic heterocycles. The quantitative estimate of drug-likeness (QED) is 0.870. The van der Waals surface area contributed by atoms with Crippen LogP contribution >= 0.6 is 11.3 Å². The highest BCUT2D eigenvalue weighted by Crippen LogP contribution is 2.33. The summed E-state index contributed by atoms with van der Waals surface area (Å²) in [7, 11) is 0. The average Bonchev–Trinajstić information content (AvgIpc) is 2.84. The third-order valence-electron chi connectivity index (χ3n) is 3.81. The number of nitrogens with two attached hydrogens (primary N) is 2. The van der Waals surface area contributed by atoms with Crippen LogP contribution < -0.4 is 11.5 Å². The standard InChI is InChI=1S/C14H16N4O2S/c15-10-9-4-1-5-17-13(9)21-11(10)14(20)18-6-2-3-8(7-18)12(16)19/h1,4-5,8H,2-3,6-7,15H2,(H2,16,19). The molecule has 3 heterocycles. The Hall–Kier alpha value is -2.15. The Morgan fingerprint density at radius 2 is 2.24 bits per heavy atom. The van der Waals surface area contributed by atoms with E-state index in [1.807, 2.05) is 6.07 Å². The summed E-state index contributed by atoms with van der Waals surface area (Å²) in [5, 5.41) is 0.800. The minimum absolute atomic E-state index is 0.138. The molecule has 0 radical (unpaired) electrons. The fraction of sp³-hybridized carbons (Fsp3) is 0.357. The van der Waals surface area contributed by atoms with E-state index in [0.717, 1.165) is 23.1 Å². The zero-order chi connectivity index (χ0) is 15.0. The number of nitrogen functional groups attached to an aromatic ring is 1. The molecule has 6 nitrogen and oxygen atoms in total. The number of piperidine rings is 1. The van der Waals surface area contributed by atoms with Crippen LogP contribution in [0.5, 0.6) is 0 Å². The summed E-state index contributed by atoms with van der Waals surface area (Å²) in [6.07, 6.45) is 3.20. The molecule has 2 aromatic rings. The van der Waals surface area contributed by atoms with Crippen molar-refractivity contribution in [3.8, 4) is 0 Å². The fourth-order valence-corrected chi connectivity index (χ4v) is 3.68. The lowest BCUT2D eigenvalue weighted by molar-refractivity contribution is -0.123. The minimum Gasteiger partial charge on any atom is -0.397 e. The number of hydrogen-bond acceptors (Lipinski definition) is 5. The van der Waals surface area contributed by atoms with Crippen LogP contribution in [-0.4, -0.2) is 34.8 Å². The van der Waals surface area contributed by atoms with Gasteiger partial charge in [-0.05, 0) is 25.0 Å². The highest BCUT2D eigenvalue weighted by Gasteiger charge is 2.29. The second-order valence-corrected chi connectivity index (χ2v) is 6.19. The number of pyridine rings is 1. The van der Waals surface area contributed by atoms with Crippen molar-refractivity contribution in [1.82, 2.24) is 9.88 Å². The van der Waals surface area contributed by atoms with Crippen LogP contribution in [0.25, 0.3) is 10.2 Å². The Kier molecular flexibility index (Phi) is 3.50. The van der Waals surface area contributed by atoms with Crippen LogP contribution in [0.15, 0.2) is 18.3 Å². The van der Waals surface area contributed by atoms with Crippen molar-refractivity contribution in [2.75, 3.05) is 18.8 Å². The number of nitrogens with zero attached hydrogens (tertiary/aromatic N) is 2. The third kappa shape index (κ3) is 2.44. The third-order valence-corrected chi connectivity index (χ3v) is 4.93. The SMILES string of the molecule is NC(=O)C1CCCN(C(=O)c2sc3ncccc3c2N)C1. The zero-order valence-electron chi connectivity index (χ0n) is 11.4. The average molecular weight is 304 g/mol. The van der Waals surface area contributed by atoms with E-state index in [2.05, 4.69) is 4.98 Å². The van der Waals surface area contributed by atoms with Gasteiger partial charge in [-0.2, -0.15) is 0 Å². The van der Waals surface area contributed by atoms with Gasteiger partial charge in [-0.3, -0.25) is 9.59 Å². The number of carbonyl (C=O) groups is 2. The number of aromatic nitrogens is 1. The summed E-state index contributed by atoms with van der Waals surface area (Å²) in [5.74, 6) is -0.753. The molecular formula is C14H16N4O2S. The molecule has 4 N–H and O–H groups in total. The molecule has 2 amide bonds. The van der Waals surface area contributed by atoms with Gasteiger partial charge in [-0.15, -0.1) is 11.3 Å². The van der Waals surface area contributed by atoms with Gasteiger partial charge in [0.25, 0.3) is 5.91 Å². The fourth-order valence-electron chi connectivity index (χ4n) is 2.65. The molecule has 7 heteroatoms. The number of likely N-dealkylation sites (tertiary alicyclic amines) is 1. The largest absolute Gasteiger partial charge is 0.397 e. The van der Waals surface area contributed by atoms with E-state index in [1.54, 1.807) is 17.2 Å². The van der Waals surface area contributed by atoms with Gasteiger partial charge in [-0.25, -0.2) is 4.98 Å². The molecule has 1 fully saturated rings. The first-order chi connectivity index (χ1) is 10.1. The number of carbonyl (C=O) groups excluding carboxylic acids is 2. The minimum atomic E-state index is -0.349. The molecule has 1 aliphatic rings. The monoisotopic (exact) mass is 304 g/mol. The first kappa shape index (κ1) is 13.8. The lowest BCUT2D eigenvalue weighted by atomic mass is 9.97. The van der Waals surface area contributed by atoms with E-state index in [4.69, 9.17) is 11.5 Å². The van der Waals surface area contributed by atoms with Crippen molar-refractivity contribution in [1.29, 1.82) is 0 Å². The first-order valence-corrected chi connectivity index (χ1v) is 7.61. The normalized spacial score (nSPS) is 18.9. The van der Waals surface area contributed by atoms with E-state index < -0.39 is 0 Å². The van der Waals surface area contributed by atoms with Crippen molar-refractivity contribution in [2.45, 2.75) is 12.8 Å². The predicted octanol–water partition coefficient (Wildman–Crippen LogP) is 1.22. The highest BCUT2D eigenvalue weighted by atomic mass is 32.1. The molecule has 21 heavy (non-hydrogen) atoms. The lowest BCUT2D eigenvalue weighted by Crippen LogP contribution is -2.44. The Bertz CT molecular complexity index is 712. The maximum absolute atomic E-state index is 12.6. The Balaban J connectivity index is 1.90. The van der Waals surface area contributed by atoms with Crippen molar-refractivity contribution in [3.05, 3.63) is 23.2 Å². The van der Waals surface area contributed by atoms with Crippen molar-refractivity contribution < 1.29 is 9.59 Å². The van der Waals surface area contributed by atoms with Gasteiger partial charge < -0.3 is 16.4 Å². The number of fused-ring (bicyclic) bond motifs is 1. The van der Waals surface area contributed by atoms with Crippen LogP contribution in [0.4, 0.5) is 5.69 Å². The molecule has 1 atom stereocenters. The van der Waals surface area contributed by atoms with Gasteiger partial charge in [0.05, 0.1) is 11.6 Å². The number of anilines is 1. The Labute approximate surface area is 125 Å². The molecule has 0 bridgehead atoms. The molecule has 0 aromatic carbocycles. The van der Waals surface area contributed by atoms with Crippen molar-refractivity contribution in [2.24, 2.45) is 11.7 Å². The van der Waals surface area contributed by atoms with Gasteiger partial charge >= 0.3 is 0 Å².